The number of thiazole rings is 1. The van der Waals surface area contributed by atoms with E-state index in [1.165, 1.54) is 27.5 Å². The van der Waals surface area contributed by atoms with Gasteiger partial charge in [-0.3, -0.25) is 4.79 Å². The van der Waals surface area contributed by atoms with E-state index in [1.807, 2.05) is 0 Å². The van der Waals surface area contributed by atoms with Crippen molar-refractivity contribution in [2.45, 2.75) is 18.6 Å². The average Bonchev–Trinajstić information content (AvgIpc) is 2.67. The van der Waals surface area contributed by atoms with Gasteiger partial charge in [0, 0.05) is 11.8 Å². The van der Waals surface area contributed by atoms with Crippen molar-refractivity contribution < 1.29 is 27.9 Å². The second kappa shape index (κ2) is 5.13. The van der Waals surface area contributed by atoms with Gasteiger partial charge in [0.25, 0.3) is 0 Å². The first-order chi connectivity index (χ1) is 7.80. The molecular weight excluding hydrogens is 261 g/mol. The fraction of sp³-hybridized carbons (Fsp3) is 0.375. The number of carbonyl (C=O) groups excluding carboxylic acids is 1. The van der Waals surface area contributed by atoms with Gasteiger partial charge in [-0.05, 0) is 0 Å². The number of rotatable bonds is 4. The normalized spacial score (nSPS) is 13.1. The average molecular weight is 268 g/mol. The highest BCUT2D eigenvalue weighted by atomic mass is 32.1. The predicted molar refractivity (Wildman–Crippen MR) is 51.4 cm³/mol. The Balaban J connectivity index is 2.68. The maximum Gasteiger partial charge on any atom is 0.471 e. The molecule has 2 N–H and O–H groups in total. The van der Waals surface area contributed by atoms with Gasteiger partial charge in [0.1, 0.15) is 6.04 Å². The zero-order chi connectivity index (χ0) is 13.1. The Morgan fingerprint density at radius 2 is 2.18 bits per heavy atom. The van der Waals surface area contributed by atoms with Crippen molar-refractivity contribution in [3.8, 4) is 0 Å². The molecule has 0 aromatic carbocycles. The van der Waals surface area contributed by atoms with Crippen LogP contribution in [0.25, 0.3) is 0 Å². The van der Waals surface area contributed by atoms with E-state index >= 15 is 0 Å². The summed E-state index contributed by atoms with van der Waals surface area (Å²) in [4.78, 5) is 25.0. The van der Waals surface area contributed by atoms with Crippen LogP contribution < -0.4 is 5.32 Å². The first kappa shape index (κ1) is 13.4. The van der Waals surface area contributed by atoms with Crippen LogP contribution in [-0.2, 0) is 16.0 Å². The molecule has 1 aromatic rings. The van der Waals surface area contributed by atoms with E-state index in [4.69, 9.17) is 5.11 Å². The summed E-state index contributed by atoms with van der Waals surface area (Å²) in [6.45, 7) is 0. The van der Waals surface area contributed by atoms with Gasteiger partial charge in [-0.2, -0.15) is 13.2 Å². The van der Waals surface area contributed by atoms with Crippen molar-refractivity contribution in [2.24, 2.45) is 0 Å². The third kappa shape index (κ3) is 4.02. The Labute approximate surface area is 97.3 Å². The van der Waals surface area contributed by atoms with Crippen LogP contribution in [-0.4, -0.2) is 34.2 Å². The lowest BCUT2D eigenvalue weighted by molar-refractivity contribution is -0.175. The van der Waals surface area contributed by atoms with E-state index in [0.29, 0.717) is 5.69 Å². The maximum absolute atomic E-state index is 11.9. The largest absolute Gasteiger partial charge is 0.480 e. The van der Waals surface area contributed by atoms with Gasteiger partial charge in [-0.15, -0.1) is 11.3 Å². The number of hydrogen-bond acceptors (Lipinski definition) is 4. The highest BCUT2D eigenvalue weighted by Crippen LogP contribution is 2.15. The molecule has 1 atom stereocenters. The zero-order valence-corrected chi connectivity index (χ0v) is 9.01. The van der Waals surface area contributed by atoms with Crippen molar-refractivity contribution in [2.75, 3.05) is 0 Å². The van der Waals surface area contributed by atoms with Gasteiger partial charge in [0.05, 0.1) is 11.2 Å². The Kier molecular flexibility index (Phi) is 4.05. The van der Waals surface area contributed by atoms with E-state index in [-0.39, 0.29) is 6.42 Å². The number of nitrogens with zero attached hydrogens (tertiary/aromatic N) is 1. The molecule has 1 amide bonds. The molecule has 1 aromatic heterocycles. The molecule has 0 aliphatic rings. The van der Waals surface area contributed by atoms with Crippen LogP contribution >= 0.6 is 11.3 Å². The second-order valence-corrected chi connectivity index (χ2v) is 3.76. The standard InChI is InChI=1S/C8H7F3N2O3S/c9-8(10,11)7(16)13-5(6(14)15)1-4-2-17-3-12-4/h2-3,5H,1H2,(H,13,16)(H,14,15). The zero-order valence-electron chi connectivity index (χ0n) is 8.19. The Morgan fingerprint density at radius 1 is 1.53 bits per heavy atom. The molecule has 0 fully saturated rings. The Hall–Kier alpha value is -1.64. The maximum atomic E-state index is 11.9. The highest BCUT2D eigenvalue weighted by molar-refractivity contribution is 7.07. The van der Waals surface area contributed by atoms with Crippen LogP contribution in [0.3, 0.4) is 0 Å². The number of hydrogen-bond donors (Lipinski definition) is 2. The molecule has 5 nitrogen and oxygen atoms in total. The fourth-order valence-corrected chi connectivity index (χ4v) is 1.56. The summed E-state index contributed by atoms with van der Waals surface area (Å²) in [6.07, 6.45) is -5.39. The van der Waals surface area contributed by atoms with E-state index in [0.717, 1.165) is 0 Å². The first-order valence-corrected chi connectivity index (χ1v) is 5.22. The summed E-state index contributed by atoms with van der Waals surface area (Å²) in [5, 5.41) is 11.6. The Bertz CT molecular complexity index is 405. The number of aromatic nitrogens is 1. The Morgan fingerprint density at radius 3 is 2.59 bits per heavy atom. The van der Waals surface area contributed by atoms with Crippen molar-refractivity contribution in [3.05, 3.63) is 16.6 Å². The molecule has 9 heteroatoms. The molecule has 1 unspecified atom stereocenters. The molecule has 0 saturated heterocycles. The topological polar surface area (TPSA) is 79.3 Å². The van der Waals surface area contributed by atoms with E-state index < -0.39 is 24.1 Å². The van der Waals surface area contributed by atoms with E-state index in [1.54, 1.807) is 0 Å². The molecule has 1 rings (SSSR count). The van der Waals surface area contributed by atoms with Crippen LogP contribution in [0.4, 0.5) is 13.2 Å². The monoisotopic (exact) mass is 268 g/mol. The van der Waals surface area contributed by atoms with Crippen molar-refractivity contribution in [1.29, 1.82) is 0 Å². The third-order valence-corrected chi connectivity index (χ3v) is 2.39. The van der Waals surface area contributed by atoms with Crippen molar-refractivity contribution in [3.63, 3.8) is 0 Å². The molecule has 0 radical (unpaired) electrons. The van der Waals surface area contributed by atoms with Gasteiger partial charge in [0.2, 0.25) is 0 Å². The quantitative estimate of drug-likeness (QED) is 0.847. The lowest BCUT2D eigenvalue weighted by atomic mass is 10.1. The van der Waals surface area contributed by atoms with Crippen LogP contribution in [0.2, 0.25) is 0 Å². The number of amides is 1. The lowest BCUT2D eigenvalue weighted by Crippen LogP contribution is -2.47. The number of carbonyl (C=O) groups is 2. The van der Waals surface area contributed by atoms with Crippen molar-refractivity contribution in [1.82, 2.24) is 10.3 Å². The fourth-order valence-electron chi connectivity index (χ4n) is 0.988. The first-order valence-electron chi connectivity index (χ1n) is 4.28. The van der Waals surface area contributed by atoms with Crippen LogP contribution in [0.5, 0.6) is 0 Å². The number of carboxylic acid groups (broad SMARTS) is 1. The summed E-state index contributed by atoms with van der Waals surface area (Å²) in [7, 11) is 0. The second-order valence-electron chi connectivity index (χ2n) is 3.05. The molecule has 1 heterocycles. The third-order valence-electron chi connectivity index (χ3n) is 1.76. The summed E-state index contributed by atoms with van der Waals surface area (Å²) in [6, 6.07) is -1.65. The highest BCUT2D eigenvalue weighted by Gasteiger charge is 2.40. The molecule has 17 heavy (non-hydrogen) atoms. The SMILES string of the molecule is O=C(O)C(Cc1cscn1)NC(=O)C(F)(F)F. The van der Waals surface area contributed by atoms with Gasteiger partial charge >= 0.3 is 18.1 Å². The minimum atomic E-state index is -5.10. The predicted octanol–water partition coefficient (Wildman–Crippen LogP) is 0.817. The number of alkyl halides is 3. The van der Waals surface area contributed by atoms with Gasteiger partial charge < -0.3 is 10.4 Å². The molecule has 0 bridgehead atoms. The molecule has 0 aliphatic heterocycles. The summed E-state index contributed by atoms with van der Waals surface area (Å²) < 4.78 is 35.8. The minimum Gasteiger partial charge on any atom is -0.480 e. The minimum absolute atomic E-state index is 0.291. The van der Waals surface area contributed by atoms with E-state index in [9.17, 15) is 22.8 Å². The van der Waals surface area contributed by atoms with Crippen LogP contribution in [0.15, 0.2) is 10.9 Å². The summed E-state index contributed by atoms with van der Waals surface area (Å²) in [5.74, 6) is -3.82. The number of aliphatic carboxylic acids is 1. The smallest absolute Gasteiger partial charge is 0.471 e. The molecule has 94 valence electrons. The molecular formula is C8H7F3N2O3S. The molecule has 0 spiro atoms. The molecule has 0 saturated carbocycles. The number of halogens is 3. The summed E-state index contributed by atoms with van der Waals surface area (Å²) in [5.41, 5.74) is 1.73. The van der Waals surface area contributed by atoms with Gasteiger partial charge in [-0.25, -0.2) is 9.78 Å². The lowest BCUT2D eigenvalue weighted by Gasteiger charge is -2.14. The molecule has 0 aliphatic carbocycles. The van der Waals surface area contributed by atoms with Crippen LogP contribution in [0, 0.1) is 0 Å². The van der Waals surface area contributed by atoms with Gasteiger partial charge in [0.15, 0.2) is 0 Å². The number of carboxylic acids is 1. The van der Waals surface area contributed by atoms with Gasteiger partial charge in [-0.1, -0.05) is 0 Å². The van der Waals surface area contributed by atoms with E-state index in [2.05, 4.69) is 4.98 Å². The number of nitrogens with one attached hydrogen (secondary N) is 1. The van der Waals surface area contributed by atoms with Crippen molar-refractivity contribution >= 4 is 23.2 Å². The van der Waals surface area contributed by atoms with Crippen LogP contribution in [0.1, 0.15) is 5.69 Å². The summed E-state index contributed by atoms with van der Waals surface area (Å²) >= 11 is 1.18.